The Kier molecular flexibility index (Phi) is 6.02. The van der Waals surface area contributed by atoms with Gasteiger partial charge in [-0.2, -0.15) is 0 Å². The van der Waals surface area contributed by atoms with E-state index in [-0.39, 0.29) is 24.3 Å². The Morgan fingerprint density at radius 2 is 2.11 bits per heavy atom. The van der Waals surface area contributed by atoms with Crippen LogP contribution in [-0.2, 0) is 9.53 Å². The predicted octanol–water partition coefficient (Wildman–Crippen LogP) is 2.83. The number of aryl methyl sites for hydroxylation is 1. The van der Waals surface area contributed by atoms with Gasteiger partial charge in [0.15, 0.2) is 0 Å². The van der Waals surface area contributed by atoms with Crippen LogP contribution in [0.15, 0.2) is 22.7 Å². The Bertz CT molecular complexity index is 474. The summed E-state index contributed by atoms with van der Waals surface area (Å²) < 4.78 is 5.62. The number of nitrogens with one attached hydrogen (secondary N) is 1. The Morgan fingerprint density at radius 3 is 2.74 bits per heavy atom. The molecule has 1 rings (SSSR count). The van der Waals surface area contributed by atoms with Crippen molar-refractivity contribution in [3.63, 3.8) is 0 Å². The number of rotatable bonds is 5. The van der Waals surface area contributed by atoms with E-state index >= 15 is 0 Å². The van der Waals surface area contributed by atoms with Gasteiger partial charge in [0.2, 0.25) is 0 Å². The molecule has 0 aromatic heterocycles. The molecular formula is C14H18BrNO3. The Labute approximate surface area is 121 Å². The standard InChI is InChI=1S/C14H18BrNO3/c1-4-19-12(17)8-10(3)16-14(18)11-7-5-6-9(2)13(11)15/h5-7,10H,4,8H2,1-3H3,(H,16,18)/t10-/m0/s1. The molecule has 0 bridgehead atoms. The molecule has 0 fully saturated rings. The highest BCUT2D eigenvalue weighted by Gasteiger charge is 2.16. The summed E-state index contributed by atoms with van der Waals surface area (Å²) >= 11 is 3.39. The van der Waals surface area contributed by atoms with Gasteiger partial charge in [0.25, 0.3) is 5.91 Å². The largest absolute Gasteiger partial charge is 0.466 e. The molecule has 104 valence electrons. The highest BCUT2D eigenvalue weighted by molar-refractivity contribution is 9.10. The monoisotopic (exact) mass is 327 g/mol. The summed E-state index contributed by atoms with van der Waals surface area (Å²) in [5.41, 5.74) is 1.56. The zero-order chi connectivity index (χ0) is 14.4. The topological polar surface area (TPSA) is 55.4 Å². The summed E-state index contributed by atoms with van der Waals surface area (Å²) in [4.78, 5) is 23.4. The van der Waals surface area contributed by atoms with E-state index in [1.165, 1.54) is 0 Å². The maximum absolute atomic E-state index is 12.1. The molecular weight excluding hydrogens is 310 g/mol. The number of hydrogen-bond donors (Lipinski definition) is 1. The third kappa shape index (κ3) is 4.67. The summed E-state index contributed by atoms with van der Waals surface area (Å²) in [5.74, 6) is -0.508. The number of esters is 1. The average molecular weight is 328 g/mol. The lowest BCUT2D eigenvalue weighted by Gasteiger charge is -2.14. The molecule has 0 spiro atoms. The normalized spacial score (nSPS) is 11.8. The van der Waals surface area contributed by atoms with Crippen LogP contribution in [0.3, 0.4) is 0 Å². The number of benzene rings is 1. The number of carbonyl (C=O) groups excluding carboxylic acids is 2. The lowest BCUT2D eigenvalue weighted by Crippen LogP contribution is -2.34. The third-order valence-corrected chi connectivity index (χ3v) is 3.64. The molecule has 0 aliphatic carbocycles. The van der Waals surface area contributed by atoms with Crippen LogP contribution in [0, 0.1) is 6.92 Å². The first-order valence-corrected chi connectivity index (χ1v) is 6.96. The molecule has 0 unspecified atom stereocenters. The molecule has 1 aromatic carbocycles. The highest BCUT2D eigenvalue weighted by Crippen LogP contribution is 2.21. The molecule has 0 aliphatic heterocycles. The smallest absolute Gasteiger partial charge is 0.307 e. The third-order valence-electron chi connectivity index (χ3n) is 2.59. The van der Waals surface area contributed by atoms with Gasteiger partial charge in [-0.05, 0) is 48.3 Å². The predicted molar refractivity (Wildman–Crippen MR) is 77.1 cm³/mol. The summed E-state index contributed by atoms with van der Waals surface area (Å²) in [6.45, 7) is 5.80. The zero-order valence-corrected chi connectivity index (χ0v) is 12.9. The van der Waals surface area contributed by atoms with Gasteiger partial charge in [-0.15, -0.1) is 0 Å². The SMILES string of the molecule is CCOC(=O)C[C@H](C)NC(=O)c1cccc(C)c1Br. The van der Waals surface area contributed by atoms with E-state index in [1.807, 2.05) is 19.1 Å². The summed E-state index contributed by atoms with van der Waals surface area (Å²) in [7, 11) is 0. The highest BCUT2D eigenvalue weighted by atomic mass is 79.9. The second kappa shape index (κ2) is 7.28. The molecule has 19 heavy (non-hydrogen) atoms. The first-order valence-electron chi connectivity index (χ1n) is 6.17. The minimum absolute atomic E-state index is 0.170. The first kappa shape index (κ1) is 15.7. The van der Waals surface area contributed by atoms with Crippen molar-refractivity contribution in [2.75, 3.05) is 6.61 Å². The van der Waals surface area contributed by atoms with Crippen LogP contribution in [0.1, 0.15) is 36.2 Å². The number of amides is 1. The maximum Gasteiger partial charge on any atom is 0.307 e. The van der Waals surface area contributed by atoms with Crippen molar-refractivity contribution in [2.24, 2.45) is 0 Å². The molecule has 0 heterocycles. The van der Waals surface area contributed by atoms with E-state index in [4.69, 9.17) is 4.74 Å². The van der Waals surface area contributed by atoms with Crippen LogP contribution in [0.5, 0.6) is 0 Å². The maximum atomic E-state index is 12.1. The lowest BCUT2D eigenvalue weighted by molar-refractivity contribution is -0.143. The minimum Gasteiger partial charge on any atom is -0.466 e. The van der Waals surface area contributed by atoms with Gasteiger partial charge in [-0.25, -0.2) is 0 Å². The molecule has 0 aliphatic rings. The molecule has 0 radical (unpaired) electrons. The molecule has 0 saturated carbocycles. The van der Waals surface area contributed by atoms with Crippen LogP contribution >= 0.6 is 15.9 Å². The van der Waals surface area contributed by atoms with Crippen molar-refractivity contribution in [3.05, 3.63) is 33.8 Å². The Balaban J connectivity index is 2.64. The number of hydrogen-bond acceptors (Lipinski definition) is 3. The van der Waals surface area contributed by atoms with Gasteiger partial charge < -0.3 is 10.1 Å². The lowest BCUT2D eigenvalue weighted by atomic mass is 10.1. The second-order valence-corrected chi connectivity index (χ2v) is 5.11. The number of halogens is 1. The van der Waals surface area contributed by atoms with Gasteiger partial charge >= 0.3 is 5.97 Å². The average Bonchev–Trinajstić information content (AvgIpc) is 2.32. The summed E-state index contributed by atoms with van der Waals surface area (Å²) in [6.07, 6.45) is 0.170. The molecule has 0 saturated heterocycles. The van der Waals surface area contributed by atoms with Gasteiger partial charge in [-0.1, -0.05) is 12.1 Å². The fraction of sp³-hybridized carbons (Fsp3) is 0.429. The van der Waals surface area contributed by atoms with E-state index < -0.39 is 0 Å². The summed E-state index contributed by atoms with van der Waals surface area (Å²) in [5, 5.41) is 2.78. The van der Waals surface area contributed by atoms with Gasteiger partial charge in [-0.3, -0.25) is 9.59 Å². The molecule has 1 aromatic rings. The van der Waals surface area contributed by atoms with Crippen molar-refractivity contribution in [1.82, 2.24) is 5.32 Å². The van der Waals surface area contributed by atoms with Crippen molar-refractivity contribution in [3.8, 4) is 0 Å². The van der Waals surface area contributed by atoms with Crippen LogP contribution in [0.4, 0.5) is 0 Å². The molecule has 1 atom stereocenters. The van der Waals surface area contributed by atoms with E-state index in [0.29, 0.717) is 12.2 Å². The van der Waals surface area contributed by atoms with Crippen molar-refractivity contribution < 1.29 is 14.3 Å². The van der Waals surface area contributed by atoms with E-state index in [9.17, 15) is 9.59 Å². The minimum atomic E-state index is -0.307. The van der Waals surface area contributed by atoms with Crippen LogP contribution in [-0.4, -0.2) is 24.5 Å². The molecule has 1 amide bonds. The Morgan fingerprint density at radius 1 is 1.42 bits per heavy atom. The zero-order valence-electron chi connectivity index (χ0n) is 11.3. The van der Waals surface area contributed by atoms with Gasteiger partial charge in [0.05, 0.1) is 18.6 Å². The van der Waals surface area contributed by atoms with E-state index in [1.54, 1.807) is 19.9 Å². The molecule has 4 nitrogen and oxygen atoms in total. The van der Waals surface area contributed by atoms with Crippen molar-refractivity contribution >= 4 is 27.8 Å². The summed E-state index contributed by atoms with van der Waals surface area (Å²) in [6, 6.07) is 5.22. The molecule has 5 heteroatoms. The van der Waals surface area contributed by atoms with E-state index in [0.717, 1.165) is 10.0 Å². The number of ether oxygens (including phenoxy) is 1. The van der Waals surface area contributed by atoms with Crippen LogP contribution in [0.2, 0.25) is 0 Å². The van der Waals surface area contributed by atoms with Gasteiger partial charge in [0.1, 0.15) is 0 Å². The molecule has 1 N–H and O–H groups in total. The second-order valence-electron chi connectivity index (χ2n) is 4.32. The van der Waals surface area contributed by atoms with E-state index in [2.05, 4.69) is 21.2 Å². The van der Waals surface area contributed by atoms with Crippen LogP contribution < -0.4 is 5.32 Å². The van der Waals surface area contributed by atoms with Gasteiger partial charge in [0, 0.05) is 10.5 Å². The number of carbonyl (C=O) groups is 2. The quantitative estimate of drug-likeness (QED) is 0.846. The first-order chi connectivity index (χ1) is 8.95. The fourth-order valence-electron chi connectivity index (χ4n) is 1.65. The van der Waals surface area contributed by atoms with Crippen LogP contribution in [0.25, 0.3) is 0 Å². The fourth-order valence-corrected chi connectivity index (χ4v) is 2.09. The van der Waals surface area contributed by atoms with Crippen molar-refractivity contribution in [2.45, 2.75) is 33.2 Å². The Hall–Kier alpha value is -1.36. The van der Waals surface area contributed by atoms with Crippen molar-refractivity contribution in [1.29, 1.82) is 0 Å².